The number of methoxy groups -OCH3 is 1. The zero-order valence-corrected chi connectivity index (χ0v) is 16.1. The first-order chi connectivity index (χ1) is 13.2. The van der Waals surface area contributed by atoms with Crippen molar-refractivity contribution in [2.45, 2.75) is 32.8 Å². The molecular weight excluding hydrogens is 342 g/mol. The van der Waals surface area contributed by atoms with Crippen LogP contribution in [0.2, 0.25) is 0 Å². The van der Waals surface area contributed by atoms with Gasteiger partial charge in [0.25, 0.3) is 5.91 Å². The summed E-state index contributed by atoms with van der Waals surface area (Å²) >= 11 is 0. The van der Waals surface area contributed by atoms with E-state index in [2.05, 4.69) is 0 Å². The summed E-state index contributed by atoms with van der Waals surface area (Å²) in [6.07, 6.45) is 3.35. The van der Waals surface area contributed by atoms with Crippen molar-refractivity contribution in [1.82, 2.24) is 4.90 Å². The number of benzene rings is 2. The fourth-order valence-corrected chi connectivity index (χ4v) is 3.29. The summed E-state index contributed by atoms with van der Waals surface area (Å²) in [4.78, 5) is 14.8. The molecule has 1 saturated heterocycles. The summed E-state index contributed by atoms with van der Waals surface area (Å²) in [7, 11) is 1.62. The number of hydrogen-bond donors (Lipinski definition) is 0. The number of nitrogens with zero attached hydrogens (tertiary/aromatic N) is 1. The molecule has 0 unspecified atom stereocenters. The minimum Gasteiger partial charge on any atom is -0.493 e. The summed E-state index contributed by atoms with van der Waals surface area (Å²) < 4.78 is 17.0. The molecule has 2 aromatic rings. The molecule has 144 valence electrons. The lowest BCUT2D eigenvalue weighted by Crippen LogP contribution is -2.35. The molecule has 1 aliphatic rings. The highest BCUT2D eigenvalue weighted by Gasteiger charge is 2.19. The van der Waals surface area contributed by atoms with Crippen molar-refractivity contribution in [3.63, 3.8) is 0 Å². The van der Waals surface area contributed by atoms with E-state index in [1.54, 1.807) is 7.11 Å². The molecule has 0 N–H and O–H groups in total. The van der Waals surface area contributed by atoms with Gasteiger partial charge < -0.3 is 19.1 Å². The third-order valence-corrected chi connectivity index (χ3v) is 4.70. The second-order valence-electron chi connectivity index (χ2n) is 6.55. The van der Waals surface area contributed by atoms with E-state index in [0.717, 1.165) is 37.2 Å². The molecule has 0 radical (unpaired) electrons. The van der Waals surface area contributed by atoms with Gasteiger partial charge in [-0.05, 0) is 56.5 Å². The molecule has 5 heteroatoms. The molecule has 0 bridgehead atoms. The number of carbonyl (C=O) groups is 1. The number of likely N-dealkylation sites (tertiary alicyclic amines) is 1. The highest BCUT2D eigenvalue weighted by molar-refractivity contribution is 5.94. The van der Waals surface area contributed by atoms with E-state index in [1.807, 2.05) is 54.3 Å². The van der Waals surface area contributed by atoms with E-state index in [4.69, 9.17) is 14.2 Å². The second-order valence-corrected chi connectivity index (χ2v) is 6.55. The van der Waals surface area contributed by atoms with Crippen LogP contribution in [0, 0.1) is 0 Å². The largest absolute Gasteiger partial charge is 0.493 e. The summed E-state index contributed by atoms with van der Waals surface area (Å²) in [6, 6.07) is 13.1. The maximum atomic E-state index is 12.8. The molecule has 1 amide bonds. The van der Waals surface area contributed by atoms with Gasteiger partial charge in [0.2, 0.25) is 0 Å². The van der Waals surface area contributed by atoms with Gasteiger partial charge in [-0.3, -0.25) is 4.79 Å². The number of rotatable bonds is 7. The lowest BCUT2D eigenvalue weighted by Gasteiger charge is -2.27. The van der Waals surface area contributed by atoms with E-state index >= 15 is 0 Å². The minimum atomic E-state index is 0.0799. The molecule has 5 nitrogen and oxygen atoms in total. The summed E-state index contributed by atoms with van der Waals surface area (Å²) in [5.41, 5.74) is 1.53. The normalized spacial score (nSPS) is 13.9. The molecule has 0 aliphatic carbocycles. The average molecular weight is 369 g/mol. The van der Waals surface area contributed by atoms with Crippen molar-refractivity contribution < 1.29 is 19.0 Å². The Balaban J connectivity index is 1.80. The number of ether oxygens (including phenoxy) is 3. The fraction of sp³-hybridized carbons (Fsp3) is 0.409. The highest BCUT2D eigenvalue weighted by Crippen LogP contribution is 2.29. The molecule has 27 heavy (non-hydrogen) atoms. The number of hydrogen-bond acceptors (Lipinski definition) is 4. The van der Waals surface area contributed by atoms with Crippen LogP contribution in [-0.2, 0) is 6.61 Å². The zero-order chi connectivity index (χ0) is 19.1. The molecule has 0 atom stereocenters. The Kier molecular flexibility index (Phi) is 6.58. The fourth-order valence-electron chi connectivity index (χ4n) is 3.29. The van der Waals surface area contributed by atoms with Gasteiger partial charge in [0, 0.05) is 24.2 Å². The van der Waals surface area contributed by atoms with Crippen LogP contribution in [0.15, 0.2) is 42.5 Å². The summed E-state index contributed by atoms with van der Waals surface area (Å²) in [5, 5.41) is 0. The van der Waals surface area contributed by atoms with Crippen molar-refractivity contribution in [1.29, 1.82) is 0 Å². The molecule has 0 spiro atoms. The molecule has 1 heterocycles. The standard InChI is InChI=1S/C22H27NO4/c1-3-26-19-12-11-17(22(24)23-13-7-4-8-14-23)15-18(19)16-27-21-10-6-5-9-20(21)25-2/h5-6,9-12,15H,3-4,7-8,13-14,16H2,1-2H3. The lowest BCUT2D eigenvalue weighted by molar-refractivity contribution is 0.0724. The van der Waals surface area contributed by atoms with Gasteiger partial charge in [-0.15, -0.1) is 0 Å². The molecule has 2 aromatic carbocycles. The van der Waals surface area contributed by atoms with Crippen molar-refractivity contribution >= 4 is 5.91 Å². The second kappa shape index (κ2) is 9.31. The van der Waals surface area contributed by atoms with Crippen molar-refractivity contribution in [3.8, 4) is 17.2 Å². The van der Waals surface area contributed by atoms with Crippen molar-refractivity contribution in [3.05, 3.63) is 53.6 Å². The van der Waals surface area contributed by atoms with Crippen LogP contribution in [-0.4, -0.2) is 37.6 Å². The van der Waals surface area contributed by atoms with Crippen molar-refractivity contribution in [2.75, 3.05) is 26.8 Å². The van der Waals surface area contributed by atoms with Gasteiger partial charge in [0.15, 0.2) is 11.5 Å². The van der Waals surface area contributed by atoms with Gasteiger partial charge in [-0.1, -0.05) is 12.1 Å². The molecule has 0 saturated carbocycles. The molecule has 3 rings (SSSR count). The van der Waals surface area contributed by atoms with E-state index in [1.165, 1.54) is 6.42 Å². The highest BCUT2D eigenvalue weighted by atomic mass is 16.5. The predicted molar refractivity (Wildman–Crippen MR) is 105 cm³/mol. The third-order valence-electron chi connectivity index (χ3n) is 4.70. The first-order valence-corrected chi connectivity index (χ1v) is 9.53. The Bertz CT molecular complexity index is 769. The SMILES string of the molecule is CCOc1ccc(C(=O)N2CCCCC2)cc1COc1ccccc1OC. The Labute approximate surface area is 160 Å². The Hall–Kier alpha value is -2.69. The summed E-state index contributed by atoms with van der Waals surface area (Å²) in [6.45, 7) is 4.47. The number of amides is 1. The van der Waals surface area contributed by atoms with Gasteiger partial charge in [0.1, 0.15) is 12.4 Å². The van der Waals surface area contributed by atoms with Gasteiger partial charge >= 0.3 is 0 Å². The van der Waals surface area contributed by atoms with Gasteiger partial charge in [-0.2, -0.15) is 0 Å². The number of piperidine rings is 1. The van der Waals surface area contributed by atoms with E-state index in [9.17, 15) is 4.79 Å². The summed E-state index contributed by atoms with van der Waals surface area (Å²) in [5.74, 6) is 2.16. The van der Waals surface area contributed by atoms with E-state index in [-0.39, 0.29) is 5.91 Å². The molecule has 0 aromatic heterocycles. The van der Waals surface area contributed by atoms with Gasteiger partial charge in [0.05, 0.1) is 13.7 Å². The smallest absolute Gasteiger partial charge is 0.253 e. The third kappa shape index (κ3) is 4.73. The molecule has 1 aliphatic heterocycles. The topological polar surface area (TPSA) is 48.0 Å². The van der Waals surface area contributed by atoms with Crippen LogP contribution in [0.4, 0.5) is 0 Å². The number of para-hydroxylation sites is 2. The monoisotopic (exact) mass is 369 g/mol. The van der Waals surface area contributed by atoms with Crippen LogP contribution in [0.1, 0.15) is 42.1 Å². The lowest BCUT2D eigenvalue weighted by atomic mass is 10.1. The van der Waals surface area contributed by atoms with Crippen LogP contribution < -0.4 is 14.2 Å². The maximum absolute atomic E-state index is 12.8. The van der Waals surface area contributed by atoms with Gasteiger partial charge in [-0.25, -0.2) is 0 Å². The predicted octanol–water partition coefficient (Wildman–Crippen LogP) is 4.30. The van der Waals surface area contributed by atoms with Crippen LogP contribution in [0.5, 0.6) is 17.2 Å². The zero-order valence-electron chi connectivity index (χ0n) is 16.1. The minimum absolute atomic E-state index is 0.0799. The molecular formula is C22H27NO4. The Morgan fingerprint density at radius 2 is 1.70 bits per heavy atom. The van der Waals surface area contributed by atoms with Crippen molar-refractivity contribution in [2.24, 2.45) is 0 Å². The van der Waals surface area contributed by atoms with Crippen LogP contribution in [0.25, 0.3) is 0 Å². The van der Waals surface area contributed by atoms with Crippen LogP contribution in [0.3, 0.4) is 0 Å². The number of carbonyl (C=O) groups excluding carboxylic acids is 1. The maximum Gasteiger partial charge on any atom is 0.253 e. The average Bonchev–Trinajstić information content (AvgIpc) is 2.73. The first kappa shape index (κ1) is 19.1. The van der Waals surface area contributed by atoms with Crippen LogP contribution >= 0.6 is 0 Å². The van der Waals surface area contributed by atoms with E-state index in [0.29, 0.717) is 30.3 Å². The Morgan fingerprint density at radius 3 is 2.41 bits per heavy atom. The first-order valence-electron chi connectivity index (χ1n) is 9.53. The van der Waals surface area contributed by atoms with E-state index < -0.39 is 0 Å². The quantitative estimate of drug-likeness (QED) is 0.730. The Morgan fingerprint density at radius 1 is 0.963 bits per heavy atom. The molecule has 1 fully saturated rings.